The normalized spacial score (nSPS) is 36.0. The molecule has 5 heteroatoms. The Labute approximate surface area is 125 Å². The number of nitrogens with zero attached hydrogens (tertiary/aromatic N) is 1. The van der Waals surface area contributed by atoms with Gasteiger partial charge in [0.1, 0.15) is 0 Å². The number of fused-ring (bicyclic) bond motifs is 2. The number of allylic oxidation sites excluding steroid dienone is 2. The number of carboxylic acids is 1. The summed E-state index contributed by atoms with van der Waals surface area (Å²) in [7, 11) is 0. The highest BCUT2D eigenvalue weighted by molar-refractivity contribution is 5.87. The first-order chi connectivity index (χ1) is 10.1. The minimum atomic E-state index is -0.826. The van der Waals surface area contributed by atoms with Gasteiger partial charge in [-0.1, -0.05) is 19.1 Å². The summed E-state index contributed by atoms with van der Waals surface area (Å²) >= 11 is 0. The SMILES string of the molecule is CCN1CCC(NC(=O)C2C3C=CC(C3)C2C(=O)O)CC1. The van der Waals surface area contributed by atoms with E-state index in [1.165, 1.54) is 0 Å². The van der Waals surface area contributed by atoms with E-state index in [4.69, 9.17) is 0 Å². The van der Waals surface area contributed by atoms with E-state index in [0.29, 0.717) is 0 Å². The number of amides is 1. The number of aliphatic carboxylic acids is 1. The molecular weight excluding hydrogens is 268 g/mol. The maximum Gasteiger partial charge on any atom is 0.307 e. The van der Waals surface area contributed by atoms with Crippen LogP contribution in [0, 0.1) is 23.7 Å². The molecule has 1 heterocycles. The lowest BCUT2D eigenvalue weighted by molar-refractivity contribution is -0.148. The highest BCUT2D eigenvalue weighted by atomic mass is 16.4. The van der Waals surface area contributed by atoms with E-state index in [0.717, 1.165) is 38.9 Å². The van der Waals surface area contributed by atoms with Crippen LogP contribution in [0.1, 0.15) is 26.2 Å². The summed E-state index contributed by atoms with van der Waals surface area (Å²) < 4.78 is 0. The average Bonchev–Trinajstić information content (AvgIpc) is 3.08. The van der Waals surface area contributed by atoms with Gasteiger partial charge in [-0.25, -0.2) is 0 Å². The highest BCUT2D eigenvalue weighted by Gasteiger charge is 2.51. The number of rotatable bonds is 4. The number of piperidine rings is 1. The van der Waals surface area contributed by atoms with Crippen LogP contribution in [0.5, 0.6) is 0 Å². The molecule has 1 saturated heterocycles. The number of carbonyl (C=O) groups excluding carboxylic acids is 1. The highest BCUT2D eigenvalue weighted by Crippen LogP contribution is 2.48. The Balaban J connectivity index is 1.60. The molecule has 5 nitrogen and oxygen atoms in total. The first kappa shape index (κ1) is 14.6. The van der Waals surface area contributed by atoms with Crippen LogP contribution in [-0.2, 0) is 9.59 Å². The molecule has 3 rings (SSSR count). The fourth-order valence-corrected chi connectivity index (χ4v) is 4.21. The van der Waals surface area contributed by atoms with Gasteiger partial charge in [0.05, 0.1) is 11.8 Å². The first-order valence-corrected chi connectivity index (χ1v) is 8.04. The van der Waals surface area contributed by atoms with Crippen LogP contribution in [0.25, 0.3) is 0 Å². The largest absolute Gasteiger partial charge is 0.481 e. The van der Waals surface area contributed by atoms with Crippen LogP contribution in [-0.4, -0.2) is 47.6 Å². The molecule has 0 aromatic rings. The number of nitrogens with one attached hydrogen (secondary N) is 1. The second-order valence-corrected chi connectivity index (χ2v) is 6.56. The maximum atomic E-state index is 12.5. The Hall–Kier alpha value is -1.36. The zero-order chi connectivity index (χ0) is 15.0. The van der Waals surface area contributed by atoms with Crippen LogP contribution in [0.15, 0.2) is 12.2 Å². The van der Waals surface area contributed by atoms with E-state index < -0.39 is 11.9 Å². The molecule has 1 amide bonds. The van der Waals surface area contributed by atoms with Crippen molar-refractivity contribution in [3.63, 3.8) is 0 Å². The van der Waals surface area contributed by atoms with Crippen molar-refractivity contribution in [1.29, 1.82) is 0 Å². The zero-order valence-electron chi connectivity index (χ0n) is 12.5. The first-order valence-electron chi connectivity index (χ1n) is 8.04. The quantitative estimate of drug-likeness (QED) is 0.762. The minimum Gasteiger partial charge on any atom is -0.481 e. The molecule has 1 saturated carbocycles. The third-order valence-electron chi connectivity index (χ3n) is 5.43. The molecule has 2 fully saturated rings. The molecular formula is C16H24N2O3. The molecule has 2 N–H and O–H groups in total. The molecule has 0 aromatic heterocycles. The van der Waals surface area contributed by atoms with Gasteiger partial charge in [-0.2, -0.15) is 0 Å². The Morgan fingerprint density at radius 2 is 1.81 bits per heavy atom. The van der Waals surface area contributed by atoms with Crippen molar-refractivity contribution in [2.45, 2.75) is 32.2 Å². The predicted octanol–water partition coefficient (Wildman–Crippen LogP) is 1.11. The summed E-state index contributed by atoms with van der Waals surface area (Å²) in [4.78, 5) is 26.4. The van der Waals surface area contributed by atoms with E-state index in [2.05, 4.69) is 17.1 Å². The van der Waals surface area contributed by atoms with Gasteiger partial charge in [-0.05, 0) is 37.6 Å². The van der Waals surface area contributed by atoms with Gasteiger partial charge in [0.15, 0.2) is 0 Å². The van der Waals surface area contributed by atoms with Crippen molar-refractivity contribution < 1.29 is 14.7 Å². The monoisotopic (exact) mass is 292 g/mol. The van der Waals surface area contributed by atoms with Crippen molar-refractivity contribution in [1.82, 2.24) is 10.2 Å². The second kappa shape index (κ2) is 5.79. The molecule has 1 aliphatic heterocycles. The lowest BCUT2D eigenvalue weighted by Gasteiger charge is -2.33. The molecule has 0 spiro atoms. The van der Waals surface area contributed by atoms with E-state index in [1.807, 2.05) is 12.2 Å². The van der Waals surface area contributed by atoms with Crippen LogP contribution in [0.2, 0.25) is 0 Å². The Morgan fingerprint density at radius 3 is 2.38 bits per heavy atom. The molecule has 116 valence electrons. The fraction of sp³-hybridized carbons (Fsp3) is 0.750. The summed E-state index contributed by atoms with van der Waals surface area (Å²) in [5, 5.41) is 12.5. The number of hydrogen-bond donors (Lipinski definition) is 2. The maximum absolute atomic E-state index is 12.5. The van der Waals surface area contributed by atoms with Gasteiger partial charge in [-0.3, -0.25) is 9.59 Å². The summed E-state index contributed by atoms with van der Waals surface area (Å²) in [5.41, 5.74) is 0. The minimum absolute atomic E-state index is 0.0465. The Bertz CT molecular complexity index is 454. The number of carboxylic acid groups (broad SMARTS) is 1. The van der Waals surface area contributed by atoms with Gasteiger partial charge in [0.25, 0.3) is 0 Å². The molecule has 2 aliphatic carbocycles. The summed E-state index contributed by atoms with van der Waals surface area (Å²) in [5.74, 6) is -1.61. The second-order valence-electron chi connectivity index (χ2n) is 6.56. The molecule has 4 atom stereocenters. The number of likely N-dealkylation sites (tertiary alicyclic amines) is 1. The van der Waals surface area contributed by atoms with Crippen LogP contribution < -0.4 is 5.32 Å². The van der Waals surface area contributed by atoms with E-state index in [-0.39, 0.29) is 29.7 Å². The summed E-state index contributed by atoms with van der Waals surface area (Å²) in [6.07, 6.45) is 6.77. The van der Waals surface area contributed by atoms with Crippen LogP contribution in [0.3, 0.4) is 0 Å². The third-order valence-corrected chi connectivity index (χ3v) is 5.43. The van der Waals surface area contributed by atoms with Crippen molar-refractivity contribution >= 4 is 11.9 Å². The third kappa shape index (κ3) is 2.71. The van der Waals surface area contributed by atoms with Crippen LogP contribution >= 0.6 is 0 Å². The molecule has 3 aliphatic rings. The van der Waals surface area contributed by atoms with Crippen molar-refractivity contribution in [3.8, 4) is 0 Å². The molecule has 2 bridgehead atoms. The Kier molecular flexibility index (Phi) is 4.02. The number of carbonyl (C=O) groups is 2. The number of hydrogen-bond acceptors (Lipinski definition) is 3. The van der Waals surface area contributed by atoms with E-state index >= 15 is 0 Å². The topological polar surface area (TPSA) is 69.6 Å². The van der Waals surface area contributed by atoms with Crippen LogP contribution in [0.4, 0.5) is 0 Å². The predicted molar refractivity (Wildman–Crippen MR) is 78.6 cm³/mol. The van der Waals surface area contributed by atoms with Gasteiger partial charge in [-0.15, -0.1) is 0 Å². The summed E-state index contributed by atoms with van der Waals surface area (Å²) in [6.45, 7) is 5.23. The molecule has 4 unspecified atom stereocenters. The summed E-state index contributed by atoms with van der Waals surface area (Å²) in [6, 6.07) is 0.206. The van der Waals surface area contributed by atoms with Gasteiger partial charge in [0, 0.05) is 19.1 Å². The standard InChI is InChI=1S/C16H24N2O3/c1-2-18-7-5-12(6-8-18)17-15(19)13-10-3-4-11(9-10)14(13)16(20)21/h3-4,10-14H,2,5-9H2,1H3,(H,17,19)(H,20,21). The Morgan fingerprint density at radius 1 is 1.19 bits per heavy atom. The van der Waals surface area contributed by atoms with E-state index in [1.54, 1.807) is 0 Å². The molecule has 21 heavy (non-hydrogen) atoms. The van der Waals surface area contributed by atoms with Gasteiger partial charge < -0.3 is 15.3 Å². The molecule has 0 radical (unpaired) electrons. The van der Waals surface area contributed by atoms with Gasteiger partial charge >= 0.3 is 5.97 Å². The lowest BCUT2D eigenvalue weighted by atomic mass is 9.82. The van der Waals surface area contributed by atoms with Crippen molar-refractivity contribution in [2.75, 3.05) is 19.6 Å². The van der Waals surface area contributed by atoms with Crippen molar-refractivity contribution in [2.24, 2.45) is 23.7 Å². The van der Waals surface area contributed by atoms with E-state index in [9.17, 15) is 14.7 Å². The lowest BCUT2D eigenvalue weighted by Crippen LogP contribution is -2.48. The van der Waals surface area contributed by atoms with Crippen molar-refractivity contribution in [3.05, 3.63) is 12.2 Å². The smallest absolute Gasteiger partial charge is 0.307 e. The average molecular weight is 292 g/mol. The zero-order valence-corrected chi connectivity index (χ0v) is 12.5. The molecule has 0 aromatic carbocycles. The fourth-order valence-electron chi connectivity index (χ4n) is 4.21. The van der Waals surface area contributed by atoms with Gasteiger partial charge in [0.2, 0.25) is 5.91 Å².